The highest BCUT2D eigenvalue weighted by Gasteiger charge is 2.29. The molecule has 1 atom stereocenters. The minimum absolute atomic E-state index is 0.210. The predicted molar refractivity (Wildman–Crippen MR) is 66.9 cm³/mol. The van der Waals surface area contributed by atoms with Gasteiger partial charge in [0.25, 0.3) is 0 Å². The second kappa shape index (κ2) is 5.86. The van der Waals surface area contributed by atoms with E-state index in [4.69, 9.17) is 10.5 Å². The zero-order valence-corrected chi connectivity index (χ0v) is 11.4. The summed E-state index contributed by atoms with van der Waals surface area (Å²) in [4.78, 5) is 0. The number of ether oxygens (including phenoxy) is 1. The first-order valence-corrected chi connectivity index (χ1v) is 5.98. The van der Waals surface area contributed by atoms with Crippen LogP contribution in [0.4, 0.5) is 0 Å². The molecule has 2 N–H and O–H groups in total. The fourth-order valence-electron chi connectivity index (χ4n) is 1.48. The molecule has 0 aliphatic carbocycles. The average molecular weight is 215 g/mol. The van der Waals surface area contributed by atoms with Crippen LogP contribution in [-0.2, 0) is 4.74 Å². The van der Waals surface area contributed by atoms with E-state index in [2.05, 4.69) is 41.5 Å². The van der Waals surface area contributed by atoms with Crippen molar-refractivity contribution in [3.8, 4) is 0 Å². The molecule has 0 aromatic heterocycles. The van der Waals surface area contributed by atoms with Crippen LogP contribution in [0, 0.1) is 10.8 Å². The minimum atomic E-state index is 0.210. The molecule has 2 nitrogen and oxygen atoms in total. The second-order valence-electron chi connectivity index (χ2n) is 6.63. The molecule has 0 spiro atoms. The van der Waals surface area contributed by atoms with Crippen molar-refractivity contribution >= 4 is 0 Å². The van der Waals surface area contributed by atoms with Gasteiger partial charge in [-0.3, -0.25) is 0 Å². The lowest BCUT2D eigenvalue weighted by atomic mass is 9.78. The third-order valence-electron chi connectivity index (χ3n) is 2.43. The van der Waals surface area contributed by atoms with E-state index in [1.54, 1.807) is 0 Å². The molecular formula is C13H29NO. The van der Waals surface area contributed by atoms with E-state index >= 15 is 0 Å². The quantitative estimate of drug-likeness (QED) is 0.715. The van der Waals surface area contributed by atoms with E-state index in [-0.39, 0.29) is 5.41 Å². The fraction of sp³-hybridized carbons (Fsp3) is 1.00. The Morgan fingerprint density at radius 1 is 1.07 bits per heavy atom. The molecule has 0 fully saturated rings. The smallest absolute Gasteiger partial charge is 0.0628 e. The topological polar surface area (TPSA) is 35.2 Å². The number of nitrogens with two attached hydrogens (primary N) is 1. The summed E-state index contributed by atoms with van der Waals surface area (Å²) in [7, 11) is 0. The van der Waals surface area contributed by atoms with Crippen molar-refractivity contribution < 1.29 is 4.74 Å². The van der Waals surface area contributed by atoms with E-state index in [1.807, 2.05) is 0 Å². The zero-order chi connectivity index (χ0) is 12.1. The zero-order valence-electron chi connectivity index (χ0n) is 11.4. The molecular weight excluding hydrogens is 186 g/mol. The van der Waals surface area contributed by atoms with E-state index in [0.29, 0.717) is 18.1 Å². The molecule has 0 radical (unpaired) electrons. The van der Waals surface area contributed by atoms with Crippen LogP contribution in [0.3, 0.4) is 0 Å². The van der Waals surface area contributed by atoms with Crippen molar-refractivity contribution in [2.75, 3.05) is 13.2 Å². The van der Waals surface area contributed by atoms with Crippen LogP contribution < -0.4 is 5.73 Å². The predicted octanol–water partition coefficient (Wildman–Crippen LogP) is 3.20. The van der Waals surface area contributed by atoms with Crippen molar-refractivity contribution in [1.82, 2.24) is 0 Å². The van der Waals surface area contributed by atoms with Crippen molar-refractivity contribution in [2.45, 2.75) is 60.5 Å². The first-order valence-electron chi connectivity index (χ1n) is 5.98. The number of rotatable bonds is 5. The van der Waals surface area contributed by atoms with Gasteiger partial charge in [0.1, 0.15) is 0 Å². The molecule has 0 bridgehead atoms. The maximum atomic E-state index is 5.94. The Hall–Kier alpha value is -0.0800. The Labute approximate surface area is 95.6 Å². The van der Waals surface area contributed by atoms with Crippen LogP contribution in [0.1, 0.15) is 54.4 Å². The average Bonchev–Trinajstić information content (AvgIpc) is 1.99. The van der Waals surface area contributed by atoms with Gasteiger partial charge in [-0.25, -0.2) is 0 Å². The monoisotopic (exact) mass is 215 g/mol. The molecule has 0 aromatic carbocycles. The van der Waals surface area contributed by atoms with Gasteiger partial charge in [0.2, 0.25) is 0 Å². The van der Waals surface area contributed by atoms with Gasteiger partial charge in [0.15, 0.2) is 0 Å². The van der Waals surface area contributed by atoms with Crippen molar-refractivity contribution in [1.29, 1.82) is 0 Å². The van der Waals surface area contributed by atoms with E-state index in [0.717, 1.165) is 19.4 Å². The van der Waals surface area contributed by atoms with E-state index in [9.17, 15) is 0 Å². The highest BCUT2D eigenvalue weighted by atomic mass is 16.5. The molecule has 0 heterocycles. The molecule has 0 saturated heterocycles. The molecule has 0 saturated carbocycles. The molecule has 0 aliphatic rings. The summed E-state index contributed by atoms with van der Waals surface area (Å²) in [5.74, 6) is 0. The van der Waals surface area contributed by atoms with Gasteiger partial charge in [-0.2, -0.15) is 0 Å². The number of hydrogen-bond donors (Lipinski definition) is 1. The summed E-state index contributed by atoms with van der Waals surface area (Å²) in [6.07, 6.45) is 2.38. The molecule has 0 amide bonds. The summed E-state index contributed by atoms with van der Waals surface area (Å²) in [6, 6.07) is 0. The largest absolute Gasteiger partial charge is 0.378 e. The van der Waals surface area contributed by atoms with Gasteiger partial charge < -0.3 is 10.5 Å². The lowest BCUT2D eigenvalue weighted by Gasteiger charge is -2.35. The first kappa shape index (κ1) is 14.9. The number of hydrogen-bond acceptors (Lipinski definition) is 2. The minimum Gasteiger partial charge on any atom is -0.378 e. The normalized spacial score (nSPS) is 15.4. The van der Waals surface area contributed by atoms with Crippen molar-refractivity contribution in [2.24, 2.45) is 16.6 Å². The molecule has 92 valence electrons. The van der Waals surface area contributed by atoms with Crippen molar-refractivity contribution in [3.05, 3.63) is 0 Å². The van der Waals surface area contributed by atoms with E-state index < -0.39 is 0 Å². The van der Waals surface area contributed by atoms with Crippen LogP contribution in [0.5, 0.6) is 0 Å². The third-order valence-corrected chi connectivity index (χ3v) is 2.43. The van der Waals surface area contributed by atoms with Gasteiger partial charge in [0, 0.05) is 6.61 Å². The van der Waals surface area contributed by atoms with Crippen molar-refractivity contribution in [3.63, 3.8) is 0 Å². The summed E-state index contributed by atoms with van der Waals surface area (Å²) in [6.45, 7) is 15.0. The van der Waals surface area contributed by atoms with Gasteiger partial charge >= 0.3 is 0 Å². The maximum Gasteiger partial charge on any atom is 0.0628 e. The molecule has 1 unspecified atom stereocenters. The molecule has 0 aromatic rings. The summed E-state index contributed by atoms with van der Waals surface area (Å²) >= 11 is 0. The van der Waals surface area contributed by atoms with E-state index in [1.165, 1.54) is 0 Å². The molecule has 0 rings (SSSR count). The van der Waals surface area contributed by atoms with Crippen LogP contribution >= 0.6 is 0 Å². The second-order valence-corrected chi connectivity index (χ2v) is 6.63. The van der Waals surface area contributed by atoms with Gasteiger partial charge in [0.05, 0.1) is 6.10 Å². The SMILES string of the molecule is CC(C)(C)CC(OCCCN)C(C)(C)C. The lowest BCUT2D eigenvalue weighted by molar-refractivity contribution is -0.0405. The molecule has 0 aliphatic heterocycles. The Morgan fingerprint density at radius 3 is 1.93 bits per heavy atom. The highest BCUT2D eigenvalue weighted by molar-refractivity contribution is 4.79. The maximum absolute atomic E-state index is 5.94. The van der Waals surface area contributed by atoms with Crippen LogP contribution in [-0.4, -0.2) is 19.3 Å². The Bertz CT molecular complexity index is 164. The molecule has 2 heteroatoms. The van der Waals surface area contributed by atoms with Gasteiger partial charge in [-0.15, -0.1) is 0 Å². The Kier molecular flexibility index (Phi) is 5.82. The highest BCUT2D eigenvalue weighted by Crippen LogP contribution is 2.32. The summed E-state index contributed by atoms with van der Waals surface area (Å²) in [5.41, 5.74) is 6.00. The summed E-state index contributed by atoms with van der Waals surface area (Å²) in [5, 5.41) is 0. The van der Waals surface area contributed by atoms with Crippen LogP contribution in [0.15, 0.2) is 0 Å². The lowest BCUT2D eigenvalue weighted by Crippen LogP contribution is -2.33. The third kappa shape index (κ3) is 7.80. The Morgan fingerprint density at radius 2 is 1.60 bits per heavy atom. The molecule has 15 heavy (non-hydrogen) atoms. The Balaban J connectivity index is 4.21. The summed E-state index contributed by atoms with van der Waals surface area (Å²) < 4.78 is 5.94. The fourth-order valence-corrected chi connectivity index (χ4v) is 1.48. The first-order chi connectivity index (χ1) is 6.67. The standard InChI is InChI=1S/C13H29NO/c1-12(2,3)10-11(13(4,5)6)15-9-7-8-14/h11H,7-10,14H2,1-6H3. The van der Waals surface area contributed by atoms with Crippen LogP contribution in [0.25, 0.3) is 0 Å². The van der Waals surface area contributed by atoms with Gasteiger partial charge in [-0.1, -0.05) is 41.5 Å². The van der Waals surface area contributed by atoms with Gasteiger partial charge in [-0.05, 0) is 30.2 Å². The van der Waals surface area contributed by atoms with Crippen LogP contribution in [0.2, 0.25) is 0 Å².